The lowest BCUT2D eigenvalue weighted by atomic mass is 10.1. The number of carbonyl (C=O) groups excluding carboxylic acids is 1. The number of aryl methyl sites for hydroxylation is 1. The van der Waals surface area contributed by atoms with Gasteiger partial charge in [-0.25, -0.2) is 4.79 Å². The maximum Gasteiger partial charge on any atom is 0.535 e. The zero-order valence-electron chi connectivity index (χ0n) is 10.7. The molecule has 0 radical (unpaired) electrons. The SMILES string of the molecule is CCCCOC(=O)O/N=C(\N)c1ccc(C)cc1. The molecule has 0 spiro atoms. The average molecular weight is 250 g/mol. The molecule has 0 saturated heterocycles. The van der Waals surface area contributed by atoms with Gasteiger partial charge in [0, 0.05) is 5.56 Å². The van der Waals surface area contributed by atoms with Crippen LogP contribution in [-0.4, -0.2) is 18.6 Å². The number of rotatable bonds is 5. The first-order chi connectivity index (χ1) is 8.63. The van der Waals surface area contributed by atoms with Crippen LogP contribution in [0.3, 0.4) is 0 Å². The van der Waals surface area contributed by atoms with E-state index >= 15 is 0 Å². The molecule has 0 aliphatic carbocycles. The van der Waals surface area contributed by atoms with E-state index in [4.69, 9.17) is 10.5 Å². The highest BCUT2D eigenvalue weighted by atomic mass is 16.8. The summed E-state index contributed by atoms with van der Waals surface area (Å²) in [5.74, 6) is 0.141. The van der Waals surface area contributed by atoms with Crippen LogP contribution in [0, 0.1) is 6.92 Å². The smallest absolute Gasteiger partial charge is 0.433 e. The molecule has 0 aliphatic rings. The number of unbranched alkanes of at least 4 members (excludes halogenated alkanes) is 1. The van der Waals surface area contributed by atoms with Gasteiger partial charge in [0.05, 0.1) is 6.61 Å². The highest BCUT2D eigenvalue weighted by molar-refractivity contribution is 5.97. The Hall–Kier alpha value is -2.04. The second-order valence-electron chi connectivity index (χ2n) is 3.89. The fourth-order valence-electron chi connectivity index (χ4n) is 1.19. The van der Waals surface area contributed by atoms with Gasteiger partial charge in [0.1, 0.15) is 0 Å². The summed E-state index contributed by atoms with van der Waals surface area (Å²) in [5, 5.41) is 3.52. The van der Waals surface area contributed by atoms with Gasteiger partial charge in [0.2, 0.25) is 0 Å². The lowest BCUT2D eigenvalue weighted by Gasteiger charge is -2.02. The van der Waals surface area contributed by atoms with Crippen LogP contribution < -0.4 is 5.73 Å². The Balaban J connectivity index is 2.46. The molecule has 1 aromatic carbocycles. The third kappa shape index (κ3) is 4.86. The standard InChI is InChI=1S/C13H18N2O3/c1-3-4-9-17-13(16)18-15-12(14)11-7-5-10(2)6-8-11/h5-8H,3-4,9H2,1-2H3,(H2,14,15). The summed E-state index contributed by atoms with van der Waals surface area (Å²) in [6, 6.07) is 7.41. The van der Waals surface area contributed by atoms with Gasteiger partial charge in [-0.1, -0.05) is 48.3 Å². The molecule has 5 nitrogen and oxygen atoms in total. The van der Waals surface area contributed by atoms with E-state index < -0.39 is 6.16 Å². The van der Waals surface area contributed by atoms with Gasteiger partial charge in [0.25, 0.3) is 0 Å². The predicted octanol–water partition coefficient (Wildman–Crippen LogP) is 2.57. The Morgan fingerprint density at radius 1 is 1.33 bits per heavy atom. The quantitative estimate of drug-likeness (QED) is 0.218. The lowest BCUT2D eigenvalue weighted by Crippen LogP contribution is -2.15. The molecular weight excluding hydrogens is 232 g/mol. The molecule has 0 amide bonds. The Bertz CT molecular complexity index is 413. The second kappa shape index (κ2) is 7.32. The number of hydrogen-bond acceptors (Lipinski definition) is 4. The fourth-order valence-corrected chi connectivity index (χ4v) is 1.19. The lowest BCUT2D eigenvalue weighted by molar-refractivity contribution is 0.0565. The molecule has 0 fully saturated rings. The zero-order chi connectivity index (χ0) is 13.4. The number of amidine groups is 1. The predicted molar refractivity (Wildman–Crippen MR) is 69.2 cm³/mol. The van der Waals surface area contributed by atoms with E-state index in [1.807, 2.05) is 26.0 Å². The van der Waals surface area contributed by atoms with Gasteiger partial charge < -0.3 is 10.5 Å². The molecule has 0 aliphatic heterocycles. The normalized spacial score (nSPS) is 11.1. The van der Waals surface area contributed by atoms with Gasteiger partial charge in [-0.05, 0) is 13.3 Å². The molecule has 0 aromatic heterocycles. The van der Waals surface area contributed by atoms with Crippen LogP contribution in [0.1, 0.15) is 30.9 Å². The number of benzene rings is 1. The molecule has 1 aromatic rings. The summed E-state index contributed by atoms with van der Waals surface area (Å²) in [5.41, 5.74) is 7.48. The van der Waals surface area contributed by atoms with Crippen molar-refractivity contribution in [2.24, 2.45) is 10.9 Å². The van der Waals surface area contributed by atoms with Crippen molar-refractivity contribution < 1.29 is 14.4 Å². The Kier molecular flexibility index (Phi) is 5.70. The van der Waals surface area contributed by atoms with Crippen LogP contribution in [0.15, 0.2) is 29.4 Å². The van der Waals surface area contributed by atoms with Crippen molar-refractivity contribution in [3.8, 4) is 0 Å². The van der Waals surface area contributed by atoms with Crippen LogP contribution in [0.2, 0.25) is 0 Å². The summed E-state index contributed by atoms with van der Waals surface area (Å²) in [4.78, 5) is 15.6. The minimum absolute atomic E-state index is 0.141. The molecule has 0 bridgehead atoms. The zero-order valence-corrected chi connectivity index (χ0v) is 10.7. The maximum absolute atomic E-state index is 11.1. The van der Waals surface area contributed by atoms with Crippen molar-refractivity contribution in [3.63, 3.8) is 0 Å². The first kappa shape index (κ1) is 14.0. The highest BCUT2D eigenvalue weighted by Gasteiger charge is 2.04. The van der Waals surface area contributed by atoms with Crippen molar-refractivity contribution in [2.75, 3.05) is 6.61 Å². The number of hydrogen-bond donors (Lipinski definition) is 1. The minimum atomic E-state index is -0.835. The number of carbonyl (C=O) groups is 1. The molecule has 0 unspecified atom stereocenters. The fraction of sp³-hybridized carbons (Fsp3) is 0.385. The Morgan fingerprint density at radius 3 is 2.61 bits per heavy atom. The Labute approximate surface area is 107 Å². The molecule has 0 saturated carbocycles. The van der Waals surface area contributed by atoms with E-state index in [9.17, 15) is 4.79 Å². The van der Waals surface area contributed by atoms with Gasteiger partial charge >= 0.3 is 6.16 Å². The molecule has 18 heavy (non-hydrogen) atoms. The third-order valence-electron chi connectivity index (χ3n) is 2.28. The van der Waals surface area contributed by atoms with E-state index in [1.165, 1.54) is 0 Å². The van der Waals surface area contributed by atoms with E-state index in [0.29, 0.717) is 12.2 Å². The van der Waals surface area contributed by atoms with Crippen molar-refractivity contribution >= 4 is 12.0 Å². The number of ether oxygens (including phenoxy) is 1. The topological polar surface area (TPSA) is 73.9 Å². The van der Waals surface area contributed by atoms with Crippen LogP contribution in [0.4, 0.5) is 4.79 Å². The van der Waals surface area contributed by atoms with E-state index in [0.717, 1.165) is 18.4 Å². The van der Waals surface area contributed by atoms with Gasteiger partial charge in [-0.2, -0.15) is 0 Å². The number of nitrogens with zero attached hydrogens (tertiary/aromatic N) is 1. The summed E-state index contributed by atoms with van der Waals surface area (Å²) >= 11 is 0. The van der Waals surface area contributed by atoms with Crippen molar-refractivity contribution in [1.29, 1.82) is 0 Å². The summed E-state index contributed by atoms with van der Waals surface area (Å²) in [6.45, 7) is 4.30. The summed E-state index contributed by atoms with van der Waals surface area (Å²) in [7, 11) is 0. The minimum Gasteiger partial charge on any atom is -0.433 e. The number of oxime groups is 1. The van der Waals surface area contributed by atoms with E-state index in [-0.39, 0.29) is 5.84 Å². The highest BCUT2D eigenvalue weighted by Crippen LogP contribution is 2.03. The molecule has 1 rings (SSSR count). The molecular formula is C13H18N2O3. The van der Waals surface area contributed by atoms with Gasteiger partial charge in [0.15, 0.2) is 5.84 Å². The van der Waals surface area contributed by atoms with Crippen LogP contribution in [0.5, 0.6) is 0 Å². The van der Waals surface area contributed by atoms with Crippen LogP contribution in [0.25, 0.3) is 0 Å². The first-order valence-electron chi connectivity index (χ1n) is 5.87. The van der Waals surface area contributed by atoms with Gasteiger partial charge in [-0.15, -0.1) is 0 Å². The number of nitrogens with two attached hydrogens (primary N) is 1. The second-order valence-corrected chi connectivity index (χ2v) is 3.89. The Morgan fingerprint density at radius 2 is 2.00 bits per heavy atom. The summed E-state index contributed by atoms with van der Waals surface area (Å²) in [6.07, 6.45) is 0.910. The molecule has 2 N–H and O–H groups in total. The molecule has 0 atom stereocenters. The molecule has 98 valence electrons. The van der Waals surface area contributed by atoms with E-state index in [1.54, 1.807) is 12.1 Å². The molecule has 0 heterocycles. The van der Waals surface area contributed by atoms with E-state index in [2.05, 4.69) is 9.99 Å². The largest absolute Gasteiger partial charge is 0.535 e. The first-order valence-corrected chi connectivity index (χ1v) is 5.87. The van der Waals surface area contributed by atoms with Crippen LogP contribution >= 0.6 is 0 Å². The third-order valence-corrected chi connectivity index (χ3v) is 2.28. The molecule has 5 heteroatoms. The van der Waals surface area contributed by atoms with Crippen molar-refractivity contribution in [1.82, 2.24) is 0 Å². The monoisotopic (exact) mass is 250 g/mol. The van der Waals surface area contributed by atoms with Gasteiger partial charge in [-0.3, -0.25) is 4.84 Å². The average Bonchev–Trinajstić information content (AvgIpc) is 2.37. The maximum atomic E-state index is 11.1. The van der Waals surface area contributed by atoms with Crippen molar-refractivity contribution in [3.05, 3.63) is 35.4 Å². The van der Waals surface area contributed by atoms with Crippen molar-refractivity contribution in [2.45, 2.75) is 26.7 Å². The summed E-state index contributed by atoms with van der Waals surface area (Å²) < 4.78 is 4.76. The van der Waals surface area contributed by atoms with Crippen LogP contribution in [-0.2, 0) is 9.57 Å².